The molecule has 3 aromatic carbocycles. The number of ether oxygens (including phenoxy) is 3. The van der Waals surface area contributed by atoms with Crippen LogP contribution in [0.4, 0.5) is 10.5 Å². The van der Waals surface area contributed by atoms with E-state index >= 15 is 0 Å². The molecule has 0 aliphatic carbocycles. The van der Waals surface area contributed by atoms with Crippen LogP contribution in [0.25, 0.3) is 0 Å². The number of benzene rings is 3. The number of carbonyl (C=O) groups is 2. The van der Waals surface area contributed by atoms with Gasteiger partial charge in [-0.1, -0.05) is 50.1 Å². The molecule has 1 unspecified atom stereocenters. The van der Waals surface area contributed by atoms with Gasteiger partial charge in [-0.05, 0) is 73.2 Å². The molecule has 2 amide bonds. The molecule has 42 heavy (non-hydrogen) atoms. The van der Waals surface area contributed by atoms with Crippen molar-refractivity contribution in [3.8, 4) is 17.2 Å². The maximum Gasteiger partial charge on any atom is 0.333 e. The number of hydrogen-bond acceptors (Lipinski definition) is 6. The molecule has 0 radical (unpaired) electrons. The summed E-state index contributed by atoms with van der Waals surface area (Å²) in [6, 6.07) is 24.0. The predicted molar refractivity (Wildman–Crippen MR) is 169 cm³/mol. The lowest BCUT2D eigenvalue weighted by Gasteiger charge is -2.23. The van der Waals surface area contributed by atoms with Crippen LogP contribution >= 0.6 is 11.8 Å². The standard InChI is InChI=1S/C33H42N2O6S/c1-3-5-9-23-42-24-21-35(20-22-40-28-16-12-26(13-17-28)25-31(32(36)37)39-4-2)33(38)34-27-14-18-30(19-15-27)41-29-10-7-6-8-11-29/h6-8,10-19,31H,3-5,9,20-25H2,1-2H3,(H,34,38)(H,36,37). The number of carbonyl (C=O) groups excluding carboxylic acids is 1. The van der Waals surface area contributed by atoms with Gasteiger partial charge in [0, 0.05) is 31.0 Å². The first-order chi connectivity index (χ1) is 20.5. The van der Waals surface area contributed by atoms with Gasteiger partial charge in [0.15, 0.2) is 6.10 Å². The number of hydrogen-bond donors (Lipinski definition) is 2. The molecule has 0 aliphatic heterocycles. The maximum absolute atomic E-state index is 13.2. The molecule has 0 saturated heterocycles. The zero-order valence-electron chi connectivity index (χ0n) is 24.5. The Balaban J connectivity index is 1.53. The quantitative estimate of drug-likeness (QED) is 0.140. The monoisotopic (exact) mass is 594 g/mol. The first-order valence-corrected chi connectivity index (χ1v) is 15.7. The van der Waals surface area contributed by atoms with Gasteiger partial charge in [-0.3, -0.25) is 0 Å². The Morgan fingerprint density at radius 1 is 0.857 bits per heavy atom. The van der Waals surface area contributed by atoms with Gasteiger partial charge in [0.2, 0.25) is 0 Å². The van der Waals surface area contributed by atoms with Crippen LogP contribution in [0.5, 0.6) is 17.2 Å². The zero-order valence-corrected chi connectivity index (χ0v) is 25.3. The topological polar surface area (TPSA) is 97.3 Å². The van der Waals surface area contributed by atoms with Gasteiger partial charge in [-0.2, -0.15) is 11.8 Å². The van der Waals surface area contributed by atoms with E-state index in [9.17, 15) is 14.7 Å². The zero-order chi connectivity index (χ0) is 30.0. The molecule has 3 aromatic rings. The van der Waals surface area contributed by atoms with Crippen molar-refractivity contribution in [2.24, 2.45) is 0 Å². The first kappa shape index (κ1) is 32.8. The fourth-order valence-electron chi connectivity index (χ4n) is 4.11. The van der Waals surface area contributed by atoms with E-state index in [2.05, 4.69) is 12.2 Å². The Bertz CT molecular complexity index is 1190. The van der Waals surface area contributed by atoms with Crippen molar-refractivity contribution >= 4 is 29.4 Å². The number of rotatable bonds is 19. The number of nitrogens with one attached hydrogen (secondary N) is 1. The summed E-state index contributed by atoms with van der Waals surface area (Å²) in [4.78, 5) is 26.3. The lowest BCUT2D eigenvalue weighted by molar-refractivity contribution is -0.149. The van der Waals surface area contributed by atoms with Crippen LogP contribution in [0.3, 0.4) is 0 Å². The van der Waals surface area contributed by atoms with E-state index in [4.69, 9.17) is 14.2 Å². The smallest absolute Gasteiger partial charge is 0.333 e. The summed E-state index contributed by atoms with van der Waals surface area (Å²) in [5.74, 6) is 3.05. The maximum atomic E-state index is 13.2. The summed E-state index contributed by atoms with van der Waals surface area (Å²) in [6.07, 6.45) is 3.00. The van der Waals surface area contributed by atoms with Crippen LogP contribution in [-0.2, 0) is 16.0 Å². The minimum atomic E-state index is -0.976. The summed E-state index contributed by atoms with van der Waals surface area (Å²) in [6.45, 7) is 5.66. The number of carboxylic acids is 1. The largest absolute Gasteiger partial charge is 0.492 e. The van der Waals surface area contributed by atoms with Crippen LogP contribution in [-0.4, -0.2) is 65.9 Å². The van der Waals surface area contributed by atoms with Gasteiger partial charge < -0.3 is 29.5 Å². The Morgan fingerprint density at radius 2 is 1.55 bits per heavy atom. The third-order valence-electron chi connectivity index (χ3n) is 6.39. The van der Waals surface area contributed by atoms with E-state index in [0.717, 1.165) is 22.8 Å². The number of thioether (sulfide) groups is 1. The lowest BCUT2D eigenvalue weighted by Crippen LogP contribution is -2.39. The Kier molecular flexibility index (Phi) is 14.6. The van der Waals surface area contributed by atoms with E-state index in [0.29, 0.717) is 43.5 Å². The second-order valence-electron chi connectivity index (χ2n) is 9.65. The summed E-state index contributed by atoms with van der Waals surface area (Å²) >= 11 is 1.86. The van der Waals surface area contributed by atoms with Gasteiger partial charge in [0.05, 0.1) is 6.54 Å². The van der Waals surface area contributed by atoms with Crippen molar-refractivity contribution in [2.45, 2.75) is 45.6 Å². The van der Waals surface area contributed by atoms with Crippen molar-refractivity contribution in [1.82, 2.24) is 4.90 Å². The highest BCUT2D eigenvalue weighted by Gasteiger charge is 2.18. The van der Waals surface area contributed by atoms with Crippen LogP contribution < -0.4 is 14.8 Å². The molecule has 3 rings (SSSR count). The molecule has 0 spiro atoms. The predicted octanol–water partition coefficient (Wildman–Crippen LogP) is 7.35. The van der Waals surface area contributed by atoms with Gasteiger partial charge in [-0.15, -0.1) is 0 Å². The van der Waals surface area contributed by atoms with Crippen molar-refractivity contribution < 1.29 is 28.9 Å². The highest BCUT2D eigenvalue weighted by molar-refractivity contribution is 7.99. The molecule has 0 aliphatic rings. The summed E-state index contributed by atoms with van der Waals surface area (Å²) in [7, 11) is 0. The van der Waals surface area contributed by atoms with Crippen molar-refractivity contribution in [1.29, 1.82) is 0 Å². The number of unbranched alkanes of at least 4 members (excludes halogenated alkanes) is 2. The number of nitrogens with zero attached hydrogens (tertiary/aromatic N) is 1. The first-order valence-electron chi connectivity index (χ1n) is 14.5. The summed E-state index contributed by atoms with van der Waals surface area (Å²) < 4.78 is 17.1. The number of carboxylic acid groups (broad SMARTS) is 1. The third kappa shape index (κ3) is 12.0. The second kappa shape index (κ2) is 18.7. The van der Waals surface area contributed by atoms with Crippen LogP contribution in [0.1, 0.15) is 38.7 Å². The number of amides is 2. The van der Waals surface area contributed by atoms with E-state index < -0.39 is 12.1 Å². The molecular weight excluding hydrogens is 552 g/mol. The van der Waals surface area contributed by atoms with Crippen molar-refractivity contribution in [3.05, 3.63) is 84.4 Å². The summed E-state index contributed by atoms with van der Waals surface area (Å²) in [5, 5.41) is 12.3. The minimum absolute atomic E-state index is 0.185. The molecule has 9 heteroatoms. The van der Waals surface area contributed by atoms with Gasteiger partial charge >= 0.3 is 12.0 Å². The van der Waals surface area contributed by atoms with Gasteiger partial charge in [0.25, 0.3) is 0 Å². The van der Waals surface area contributed by atoms with Crippen molar-refractivity contribution in [2.75, 3.05) is 43.1 Å². The highest BCUT2D eigenvalue weighted by atomic mass is 32.2. The van der Waals surface area contributed by atoms with Crippen LogP contribution in [0, 0.1) is 0 Å². The van der Waals surface area contributed by atoms with E-state index in [1.807, 2.05) is 90.6 Å². The number of urea groups is 1. The average Bonchev–Trinajstić information content (AvgIpc) is 3.00. The van der Waals surface area contributed by atoms with Crippen LogP contribution in [0.2, 0.25) is 0 Å². The second-order valence-corrected chi connectivity index (χ2v) is 10.9. The molecule has 0 heterocycles. The molecule has 0 fully saturated rings. The molecule has 0 bridgehead atoms. The number of para-hydroxylation sites is 1. The molecular formula is C33H42N2O6S. The van der Waals surface area contributed by atoms with Gasteiger partial charge in [-0.25, -0.2) is 9.59 Å². The molecule has 0 aromatic heterocycles. The normalized spacial score (nSPS) is 11.5. The molecule has 8 nitrogen and oxygen atoms in total. The Labute approximate surface area is 253 Å². The molecule has 0 saturated carbocycles. The Morgan fingerprint density at radius 3 is 2.21 bits per heavy atom. The van der Waals surface area contributed by atoms with E-state index in [-0.39, 0.29) is 12.5 Å². The number of aliphatic carboxylic acids is 1. The third-order valence-corrected chi connectivity index (χ3v) is 7.44. The minimum Gasteiger partial charge on any atom is -0.492 e. The Hall–Kier alpha value is -3.69. The molecule has 2 N–H and O–H groups in total. The molecule has 1 atom stereocenters. The fourth-order valence-corrected chi connectivity index (χ4v) is 5.07. The number of anilines is 1. The molecule has 226 valence electrons. The van der Waals surface area contributed by atoms with E-state index in [1.54, 1.807) is 11.8 Å². The van der Waals surface area contributed by atoms with Gasteiger partial charge in [0.1, 0.15) is 23.9 Å². The SMILES string of the molecule is CCCCCSCCN(CCOc1ccc(CC(OCC)C(=O)O)cc1)C(=O)Nc1ccc(Oc2ccccc2)cc1. The highest BCUT2D eigenvalue weighted by Crippen LogP contribution is 2.23. The summed E-state index contributed by atoms with van der Waals surface area (Å²) in [5.41, 5.74) is 1.54. The lowest BCUT2D eigenvalue weighted by atomic mass is 10.1. The van der Waals surface area contributed by atoms with E-state index in [1.165, 1.54) is 19.3 Å². The van der Waals surface area contributed by atoms with Crippen LogP contribution in [0.15, 0.2) is 78.9 Å². The average molecular weight is 595 g/mol. The fraction of sp³-hybridized carbons (Fsp3) is 0.394. The van der Waals surface area contributed by atoms with Crippen molar-refractivity contribution in [3.63, 3.8) is 0 Å².